The van der Waals surface area contributed by atoms with Crippen molar-refractivity contribution >= 4 is 71.9 Å². The molecule has 24 nitrogen and oxygen atoms in total. The van der Waals surface area contributed by atoms with E-state index in [0.29, 0.717) is 11.3 Å². The Kier molecular flexibility index (Phi) is 22.1. The van der Waals surface area contributed by atoms with Gasteiger partial charge in [0.25, 0.3) is 0 Å². The summed E-state index contributed by atoms with van der Waals surface area (Å²) in [7, 11) is 0. The van der Waals surface area contributed by atoms with Crippen molar-refractivity contribution in [2.24, 2.45) is 17.4 Å². The smallest absolute Gasteiger partial charge is 0.326 e. The van der Waals surface area contributed by atoms with Gasteiger partial charge in [-0.2, -0.15) is 12.6 Å². The van der Waals surface area contributed by atoms with E-state index in [1.807, 2.05) is 0 Å². The van der Waals surface area contributed by atoms with Crippen molar-refractivity contribution in [3.05, 3.63) is 54.1 Å². The van der Waals surface area contributed by atoms with Gasteiger partial charge in [0.2, 0.25) is 35.4 Å². The lowest BCUT2D eigenvalue weighted by molar-refractivity contribution is -0.143. The third kappa shape index (κ3) is 19.2. The molecule has 0 spiro atoms. The number of aromatic amines is 1. The first-order valence-corrected chi connectivity index (χ1v) is 20.3. The lowest BCUT2D eigenvalue weighted by atomic mass is 10.0. The summed E-state index contributed by atoms with van der Waals surface area (Å²) in [6.07, 6.45) is 0.509. The molecule has 2 rings (SSSR count). The van der Waals surface area contributed by atoms with Gasteiger partial charge in [0.05, 0.1) is 24.5 Å². The summed E-state index contributed by atoms with van der Waals surface area (Å²) in [5.41, 5.74) is 11.9. The second-order valence-corrected chi connectivity index (χ2v) is 15.0. The number of aliphatic carboxylic acids is 3. The summed E-state index contributed by atoms with van der Waals surface area (Å²) in [6.45, 7) is 3.22. The quantitative estimate of drug-likeness (QED) is 0.0172. The van der Waals surface area contributed by atoms with Crippen molar-refractivity contribution in [1.82, 2.24) is 47.2 Å². The van der Waals surface area contributed by atoms with Crippen LogP contribution in [0.2, 0.25) is 0 Å². The standard InChI is InChI=1S/C38H56N12O12S/c1-19(2)30(37(61)62)50-35(59)26(14-21-16-42-18-44-21)48-34(58)25(13-20-7-4-3-5-8-20)47-32(56)23(9-6-12-43-38(40)41)45-33(57)24(10-11-28(51)52)46-36(60)27(17-63)49-31(55)22(39)15-29(53)54/h3-5,7-8,16,18-19,22-27,30,63H,6,9-15,17,39H2,1-2H3,(H,42,44)(H,45,57)(H,46,60)(H,47,56)(H,48,58)(H,49,55)(H,50,59)(H,51,52)(H,53,54)(H,61,62)(H4,40,41,43)/t22-,23-,24-,25-,26-,27-,30-/m0/s1. The first-order chi connectivity index (χ1) is 29.7. The molecule has 0 saturated heterocycles. The molecule has 0 aliphatic heterocycles. The number of imidazole rings is 1. The number of aromatic nitrogens is 2. The highest BCUT2D eigenvalue weighted by molar-refractivity contribution is 7.80. The molecule has 0 aliphatic rings. The van der Waals surface area contributed by atoms with E-state index in [1.54, 1.807) is 44.2 Å². The van der Waals surface area contributed by atoms with Crippen LogP contribution in [0, 0.1) is 11.3 Å². The highest BCUT2D eigenvalue weighted by atomic mass is 32.1. The molecule has 25 heteroatoms. The van der Waals surface area contributed by atoms with Gasteiger partial charge in [-0.15, -0.1) is 0 Å². The largest absolute Gasteiger partial charge is 0.481 e. The highest BCUT2D eigenvalue weighted by Gasteiger charge is 2.34. The van der Waals surface area contributed by atoms with Crippen LogP contribution >= 0.6 is 12.6 Å². The van der Waals surface area contributed by atoms with Crippen LogP contribution in [0.5, 0.6) is 0 Å². The number of nitrogens with two attached hydrogens (primary N) is 2. The third-order valence-electron chi connectivity index (χ3n) is 9.19. The maximum atomic E-state index is 14.2. The lowest BCUT2D eigenvalue weighted by Gasteiger charge is -2.28. The summed E-state index contributed by atoms with van der Waals surface area (Å²) >= 11 is 4.05. The SMILES string of the molecule is CC(C)[C@H](NC(=O)[C@H](Cc1c[nH]cn1)NC(=O)[C@H](Cc1ccccc1)NC(=O)[C@H](CCCNC(=N)N)NC(=O)[C@H](CCC(=O)O)NC(=O)[C@H](CS)NC(=O)[C@@H](N)CC(=O)O)C(=O)O. The van der Waals surface area contributed by atoms with Crippen molar-refractivity contribution in [3.8, 4) is 0 Å². The number of carboxylic acid groups (broad SMARTS) is 3. The van der Waals surface area contributed by atoms with Crippen molar-refractivity contribution in [2.75, 3.05) is 12.3 Å². The van der Waals surface area contributed by atoms with Crippen molar-refractivity contribution in [1.29, 1.82) is 5.41 Å². The number of H-pyrrole nitrogens is 1. The number of benzene rings is 1. The van der Waals surface area contributed by atoms with Crippen LogP contribution < -0.4 is 48.7 Å². The molecule has 2 aromatic rings. The number of carboxylic acids is 3. The molecule has 0 radical (unpaired) electrons. The Balaban J connectivity index is 2.47. The number of thiol groups is 1. The summed E-state index contributed by atoms with van der Waals surface area (Å²) in [5.74, 6) is -11.1. The molecule has 0 unspecified atom stereocenters. The number of carbonyl (C=O) groups is 9. The fourth-order valence-corrected chi connectivity index (χ4v) is 6.08. The molecule has 1 heterocycles. The number of nitrogens with zero attached hydrogens (tertiary/aromatic N) is 1. The summed E-state index contributed by atoms with van der Waals surface area (Å²) in [5, 5.41) is 52.8. The average Bonchev–Trinajstić information content (AvgIpc) is 3.73. The lowest BCUT2D eigenvalue weighted by Crippen LogP contribution is -2.60. The van der Waals surface area contributed by atoms with Gasteiger partial charge < -0.3 is 69.0 Å². The van der Waals surface area contributed by atoms with Crippen LogP contribution in [0.25, 0.3) is 0 Å². The molecule has 0 fully saturated rings. The molecule has 1 aromatic carbocycles. The van der Waals surface area contributed by atoms with Gasteiger partial charge in [0, 0.05) is 37.8 Å². The zero-order chi connectivity index (χ0) is 47.2. The molecule has 1 aromatic heterocycles. The normalized spacial score (nSPS) is 14.2. The van der Waals surface area contributed by atoms with Crippen LogP contribution in [-0.2, 0) is 56.0 Å². The first-order valence-electron chi connectivity index (χ1n) is 19.7. The van der Waals surface area contributed by atoms with E-state index < -0.39 is 121 Å². The van der Waals surface area contributed by atoms with Gasteiger partial charge in [-0.05, 0) is 30.7 Å². The van der Waals surface area contributed by atoms with Gasteiger partial charge in [-0.1, -0.05) is 44.2 Å². The van der Waals surface area contributed by atoms with Gasteiger partial charge in [0.1, 0.15) is 36.3 Å². The van der Waals surface area contributed by atoms with E-state index in [9.17, 15) is 53.4 Å². The van der Waals surface area contributed by atoms with E-state index in [0.717, 1.165) is 0 Å². The number of carbonyl (C=O) groups excluding carboxylic acids is 6. The Morgan fingerprint density at radius 2 is 1.25 bits per heavy atom. The Labute approximate surface area is 367 Å². The highest BCUT2D eigenvalue weighted by Crippen LogP contribution is 2.10. The second kappa shape index (κ2) is 26.5. The third-order valence-corrected chi connectivity index (χ3v) is 9.56. The van der Waals surface area contributed by atoms with Crippen LogP contribution in [0.1, 0.15) is 57.2 Å². The predicted octanol–water partition coefficient (Wildman–Crippen LogP) is -3.30. The molecule has 0 aliphatic carbocycles. The molecular formula is C38H56N12O12S. The van der Waals surface area contributed by atoms with E-state index in [4.69, 9.17) is 22.0 Å². The monoisotopic (exact) mass is 904 g/mol. The van der Waals surface area contributed by atoms with Crippen LogP contribution in [0.3, 0.4) is 0 Å². The van der Waals surface area contributed by atoms with Crippen LogP contribution in [-0.4, -0.2) is 139 Å². The van der Waals surface area contributed by atoms with Gasteiger partial charge in [0.15, 0.2) is 5.96 Å². The molecule has 0 saturated carbocycles. The van der Waals surface area contributed by atoms with Gasteiger partial charge in [-0.25, -0.2) is 9.78 Å². The minimum Gasteiger partial charge on any atom is -0.481 e. The fourth-order valence-electron chi connectivity index (χ4n) is 5.83. The summed E-state index contributed by atoms with van der Waals surface area (Å²) < 4.78 is 0. The molecular weight excluding hydrogens is 849 g/mol. The zero-order valence-electron chi connectivity index (χ0n) is 34.6. The Morgan fingerprint density at radius 3 is 1.76 bits per heavy atom. The number of hydrogen-bond acceptors (Lipinski definition) is 13. The number of hydrogen-bond donors (Lipinski definition) is 15. The van der Waals surface area contributed by atoms with E-state index in [2.05, 4.69) is 59.8 Å². The number of guanidine groups is 1. The van der Waals surface area contributed by atoms with Crippen LogP contribution in [0.15, 0.2) is 42.9 Å². The van der Waals surface area contributed by atoms with E-state index in [1.165, 1.54) is 12.5 Å². The Hall–Kier alpha value is -6.76. The maximum Gasteiger partial charge on any atom is 0.326 e. The first kappa shape index (κ1) is 52.4. The summed E-state index contributed by atoms with van der Waals surface area (Å²) in [4.78, 5) is 123. The number of amides is 6. The van der Waals surface area contributed by atoms with Crippen LogP contribution in [0.4, 0.5) is 0 Å². The van der Waals surface area contributed by atoms with Crippen molar-refractivity contribution in [3.63, 3.8) is 0 Å². The second-order valence-electron chi connectivity index (χ2n) is 14.6. The number of rotatable bonds is 28. The topological polar surface area (TPSA) is 403 Å². The Bertz CT molecular complexity index is 1900. The summed E-state index contributed by atoms with van der Waals surface area (Å²) in [6, 6.07) is -1.82. The minimum atomic E-state index is -1.63. The average molecular weight is 905 g/mol. The van der Waals surface area contributed by atoms with Gasteiger partial charge >= 0.3 is 17.9 Å². The molecule has 6 amide bonds. The Morgan fingerprint density at radius 1 is 0.730 bits per heavy atom. The minimum absolute atomic E-state index is 0.0487. The maximum absolute atomic E-state index is 14.2. The fraction of sp³-hybridized carbons (Fsp3) is 0.500. The van der Waals surface area contributed by atoms with Crippen molar-refractivity contribution < 1.29 is 58.5 Å². The molecule has 0 bridgehead atoms. The van der Waals surface area contributed by atoms with Crippen molar-refractivity contribution in [2.45, 2.75) is 101 Å². The molecule has 7 atom stereocenters. The molecule has 63 heavy (non-hydrogen) atoms. The van der Waals surface area contributed by atoms with Gasteiger partial charge in [-0.3, -0.25) is 43.8 Å². The molecule has 346 valence electrons. The zero-order valence-corrected chi connectivity index (χ0v) is 35.5. The van der Waals surface area contributed by atoms with E-state index >= 15 is 0 Å². The van der Waals surface area contributed by atoms with E-state index in [-0.39, 0.29) is 43.9 Å². The predicted molar refractivity (Wildman–Crippen MR) is 227 cm³/mol. The number of nitrogens with one attached hydrogen (secondary N) is 9. The molecule has 16 N–H and O–H groups in total.